The van der Waals surface area contributed by atoms with Crippen LogP contribution >= 0.6 is 0 Å². The van der Waals surface area contributed by atoms with Crippen LogP contribution in [0.3, 0.4) is 0 Å². The summed E-state index contributed by atoms with van der Waals surface area (Å²) in [6.07, 6.45) is 2.50. The minimum absolute atomic E-state index is 0.223. The third kappa shape index (κ3) is 5.08. The smallest absolute Gasteiger partial charge is 0.405 e. The van der Waals surface area contributed by atoms with E-state index in [1.807, 2.05) is 30.3 Å². The standard InChI is InChI=1S/C19H24N2O5/c1-13-17(14-9-5-3-6-10-14)26-16(22)12-8-4-7-11-15(20-19(24)25)18(23)21(13)2/h3-7,9-10,13,15,17,20H,8,11-12H2,1-2H3,(H,24,25)/b7-4+/t13-,15+,17+/m0/s1. The minimum atomic E-state index is -1.25. The summed E-state index contributed by atoms with van der Waals surface area (Å²) >= 11 is 0. The van der Waals surface area contributed by atoms with Crippen LogP contribution in [0.25, 0.3) is 0 Å². The number of benzene rings is 1. The van der Waals surface area contributed by atoms with Gasteiger partial charge >= 0.3 is 12.1 Å². The topological polar surface area (TPSA) is 95.9 Å². The Morgan fingerprint density at radius 3 is 2.58 bits per heavy atom. The average molecular weight is 360 g/mol. The van der Waals surface area contributed by atoms with Gasteiger partial charge in [0, 0.05) is 13.5 Å². The molecule has 1 aliphatic rings. The zero-order chi connectivity index (χ0) is 19.1. The van der Waals surface area contributed by atoms with Crippen LogP contribution in [0.5, 0.6) is 0 Å². The van der Waals surface area contributed by atoms with E-state index in [-0.39, 0.29) is 24.7 Å². The molecule has 7 heteroatoms. The van der Waals surface area contributed by atoms with Crippen molar-refractivity contribution in [2.75, 3.05) is 7.05 Å². The first-order chi connectivity index (χ1) is 12.4. The van der Waals surface area contributed by atoms with E-state index >= 15 is 0 Å². The molecule has 1 aliphatic heterocycles. The number of carboxylic acid groups (broad SMARTS) is 1. The maximum Gasteiger partial charge on any atom is 0.405 e. The number of rotatable bonds is 2. The molecule has 1 heterocycles. The average Bonchev–Trinajstić information content (AvgIpc) is 2.62. The molecule has 0 unspecified atom stereocenters. The second-order valence-electron chi connectivity index (χ2n) is 6.26. The number of amides is 2. The van der Waals surface area contributed by atoms with Gasteiger partial charge in [0.25, 0.3) is 0 Å². The molecule has 0 spiro atoms. The molecular formula is C19H24N2O5. The van der Waals surface area contributed by atoms with Crippen molar-refractivity contribution in [1.82, 2.24) is 10.2 Å². The van der Waals surface area contributed by atoms with Crippen molar-refractivity contribution >= 4 is 18.0 Å². The van der Waals surface area contributed by atoms with Crippen molar-refractivity contribution in [2.45, 2.75) is 44.4 Å². The third-order valence-electron chi connectivity index (χ3n) is 4.43. The van der Waals surface area contributed by atoms with Crippen molar-refractivity contribution < 1.29 is 24.2 Å². The van der Waals surface area contributed by atoms with Gasteiger partial charge in [0.1, 0.15) is 12.1 Å². The zero-order valence-electron chi connectivity index (χ0n) is 14.9. The number of ether oxygens (including phenoxy) is 1. The number of likely N-dealkylation sites (N-methyl/N-ethyl adjacent to an activating group) is 1. The molecule has 0 bridgehead atoms. The first kappa shape index (κ1) is 19.5. The van der Waals surface area contributed by atoms with Crippen LogP contribution in [-0.2, 0) is 14.3 Å². The van der Waals surface area contributed by atoms with Crippen LogP contribution in [0, 0.1) is 0 Å². The van der Waals surface area contributed by atoms with Gasteiger partial charge in [-0.1, -0.05) is 42.5 Å². The van der Waals surface area contributed by atoms with Crippen molar-refractivity contribution in [3.8, 4) is 0 Å². The molecule has 2 amide bonds. The maximum atomic E-state index is 12.8. The molecule has 1 aromatic carbocycles. The highest BCUT2D eigenvalue weighted by atomic mass is 16.5. The first-order valence-corrected chi connectivity index (χ1v) is 8.55. The Kier molecular flexibility index (Phi) is 6.77. The summed E-state index contributed by atoms with van der Waals surface area (Å²) in [6.45, 7) is 1.78. The molecule has 2 rings (SSSR count). The van der Waals surface area contributed by atoms with Crippen LogP contribution in [0.1, 0.15) is 37.9 Å². The highest BCUT2D eigenvalue weighted by Crippen LogP contribution is 2.26. The number of allylic oxidation sites excluding steroid dienone is 1. The summed E-state index contributed by atoms with van der Waals surface area (Å²) in [5, 5.41) is 11.3. The molecule has 1 aromatic rings. The number of carbonyl (C=O) groups is 3. The molecule has 2 N–H and O–H groups in total. The predicted molar refractivity (Wildman–Crippen MR) is 95.4 cm³/mol. The number of esters is 1. The lowest BCUT2D eigenvalue weighted by molar-refractivity contribution is -0.155. The minimum Gasteiger partial charge on any atom is -0.465 e. The normalized spacial score (nSPS) is 26.2. The van der Waals surface area contributed by atoms with Gasteiger partial charge in [0.15, 0.2) is 0 Å². The number of cyclic esters (lactones) is 1. The van der Waals surface area contributed by atoms with Crippen LogP contribution in [0.2, 0.25) is 0 Å². The maximum absolute atomic E-state index is 12.8. The van der Waals surface area contributed by atoms with E-state index in [1.165, 1.54) is 4.90 Å². The molecule has 3 atom stereocenters. The fraction of sp³-hybridized carbons (Fsp3) is 0.421. The number of nitrogens with zero attached hydrogens (tertiary/aromatic N) is 1. The van der Waals surface area contributed by atoms with Gasteiger partial charge in [-0.2, -0.15) is 0 Å². The summed E-state index contributed by atoms with van der Waals surface area (Å²) in [4.78, 5) is 37.4. The molecule has 140 valence electrons. The summed E-state index contributed by atoms with van der Waals surface area (Å²) in [5.41, 5.74) is 0.781. The Morgan fingerprint density at radius 2 is 1.92 bits per heavy atom. The summed E-state index contributed by atoms with van der Waals surface area (Å²) < 4.78 is 5.65. The van der Waals surface area contributed by atoms with Crippen molar-refractivity contribution in [2.24, 2.45) is 0 Å². The molecule has 26 heavy (non-hydrogen) atoms. The van der Waals surface area contributed by atoms with Crippen molar-refractivity contribution in [3.63, 3.8) is 0 Å². The van der Waals surface area contributed by atoms with Gasteiger partial charge in [0.05, 0.1) is 6.04 Å². The third-order valence-corrected chi connectivity index (χ3v) is 4.43. The van der Waals surface area contributed by atoms with E-state index in [9.17, 15) is 14.4 Å². The molecule has 0 saturated heterocycles. The lowest BCUT2D eigenvalue weighted by Gasteiger charge is -2.34. The Labute approximate surface area is 152 Å². The van der Waals surface area contributed by atoms with Crippen LogP contribution < -0.4 is 5.32 Å². The largest absolute Gasteiger partial charge is 0.465 e. The van der Waals surface area contributed by atoms with Gasteiger partial charge < -0.3 is 20.1 Å². The van der Waals surface area contributed by atoms with Gasteiger partial charge in [-0.05, 0) is 25.3 Å². The Morgan fingerprint density at radius 1 is 1.23 bits per heavy atom. The molecule has 0 fully saturated rings. The first-order valence-electron chi connectivity index (χ1n) is 8.55. The molecule has 7 nitrogen and oxygen atoms in total. The summed E-state index contributed by atoms with van der Waals surface area (Å²) in [7, 11) is 1.59. The quantitative estimate of drug-likeness (QED) is 0.624. The fourth-order valence-electron chi connectivity index (χ4n) is 2.86. The van der Waals surface area contributed by atoms with E-state index in [4.69, 9.17) is 9.84 Å². The summed E-state index contributed by atoms with van der Waals surface area (Å²) in [5.74, 6) is -0.709. The van der Waals surface area contributed by atoms with Crippen LogP contribution in [0.4, 0.5) is 4.79 Å². The Hall–Kier alpha value is -2.83. The van der Waals surface area contributed by atoms with Crippen molar-refractivity contribution in [1.29, 1.82) is 0 Å². The zero-order valence-corrected chi connectivity index (χ0v) is 14.9. The van der Waals surface area contributed by atoms with E-state index < -0.39 is 24.3 Å². The fourth-order valence-corrected chi connectivity index (χ4v) is 2.86. The second-order valence-corrected chi connectivity index (χ2v) is 6.26. The van der Waals surface area contributed by atoms with Crippen LogP contribution in [0.15, 0.2) is 42.5 Å². The van der Waals surface area contributed by atoms with Gasteiger partial charge in [-0.3, -0.25) is 9.59 Å². The Bertz CT molecular complexity index is 674. The molecule has 0 saturated carbocycles. The molecule has 0 aromatic heterocycles. The second kappa shape index (κ2) is 9.03. The number of carbonyl (C=O) groups excluding carboxylic acids is 2. The van der Waals surface area contributed by atoms with Gasteiger partial charge in [0.2, 0.25) is 5.91 Å². The van der Waals surface area contributed by atoms with Crippen LogP contribution in [-0.4, -0.2) is 47.1 Å². The highest BCUT2D eigenvalue weighted by molar-refractivity contribution is 5.85. The molecule has 0 radical (unpaired) electrons. The van der Waals surface area contributed by atoms with Gasteiger partial charge in [-0.15, -0.1) is 0 Å². The highest BCUT2D eigenvalue weighted by Gasteiger charge is 2.32. The van der Waals surface area contributed by atoms with E-state index in [2.05, 4.69) is 5.32 Å². The van der Waals surface area contributed by atoms with Gasteiger partial charge in [-0.25, -0.2) is 4.79 Å². The van der Waals surface area contributed by atoms with E-state index in [0.717, 1.165) is 5.56 Å². The summed E-state index contributed by atoms with van der Waals surface area (Å²) in [6, 6.07) is 7.86. The number of nitrogens with one attached hydrogen (secondary N) is 1. The predicted octanol–water partition coefficient (Wildman–Crippen LogP) is 2.49. The van der Waals surface area contributed by atoms with E-state index in [0.29, 0.717) is 6.42 Å². The molecule has 0 aliphatic carbocycles. The van der Waals surface area contributed by atoms with E-state index in [1.54, 1.807) is 26.1 Å². The lowest BCUT2D eigenvalue weighted by Crippen LogP contribution is -2.51. The molecular weight excluding hydrogens is 336 g/mol. The Balaban J connectivity index is 2.34. The lowest BCUT2D eigenvalue weighted by atomic mass is 10.0. The number of hydrogen-bond acceptors (Lipinski definition) is 4. The van der Waals surface area contributed by atoms with Crippen molar-refractivity contribution in [3.05, 3.63) is 48.0 Å². The monoisotopic (exact) mass is 360 g/mol. The SMILES string of the molecule is C[C@H]1[C@H](c2ccccc2)OC(=O)CC/C=C/C[C@@H](NC(=O)O)C(=O)N1C. The number of hydrogen-bond donors (Lipinski definition) is 2.